The van der Waals surface area contributed by atoms with E-state index in [2.05, 4.69) is 0 Å². The van der Waals surface area contributed by atoms with Crippen LogP contribution in [0.15, 0.2) is 89.7 Å². The Kier molecular flexibility index (Phi) is 4.62. The quantitative estimate of drug-likeness (QED) is 0.448. The molecule has 28 heavy (non-hydrogen) atoms. The van der Waals surface area contributed by atoms with Crippen molar-refractivity contribution in [1.82, 2.24) is 4.57 Å². The minimum atomic E-state index is -0.688. The zero-order chi connectivity index (χ0) is 19.7. The molecule has 3 aromatic carbocycles. The van der Waals surface area contributed by atoms with Gasteiger partial charge >= 0.3 is 0 Å². The number of rotatable bonds is 3. The number of hydrogen-bond acceptors (Lipinski definition) is 1. The first-order chi connectivity index (χ1) is 13.5. The van der Waals surface area contributed by atoms with E-state index >= 15 is 0 Å². The lowest BCUT2D eigenvalue weighted by Gasteiger charge is -2.21. The predicted molar refractivity (Wildman–Crippen MR) is 108 cm³/mol. The van der Waals surface area contributed by atoms with Gasteiger partial charge in [-0.2, -0.15) is 0 Å². The Morgan fingerprint density at radius 1 is 0.714 bits per heavy atom. The Balaban J connectivity index is 2.16. The highest BCUT2D eigenvalue weighted by molar-refractivity contribution is 5.73. The first-order valence-electron chi connectivity index (χ1n) is 8.88. The first-order valence-corrected chi connectivity index (χ1v) is 8.88. The van der Waals surface area contributed by atoms with Crippen molar-refractivity contribution >= 4 is 0 Å². The molecule has 0 saturated carbocycles. The summed E-state index contributed by atoms with van der Waals surface area (Å²) >= 11 is 0. The highest BCUT2D eigenvalue weighted by Gasteiger charge is 2.18. The molecule has 4 heteroatoms. The molecule has 0 aliphatic rings. The number of halogens is 2. The number of nitrogens with zero attached hydrogens (tertiary/aromatic N) is 1. The molecule has 0 spiro atoms. The van der Waals surface area contributed by atoms with Gasteiger partial charge in [-0.1, -0.05) is 48.5 Å². The van der Waals surface area contributed by atoms with E-state index in [0.29, 0.717) is 22.5 Å². The second kappa shape index (κ2) is 7.24. The van der Waals surface area contributed by atoms with Gasteiger partial charge in [-0.25, -0.2) is 8.78 Å². The molecule has 0 amide bonds. The van der Waals surface area contributed by atoms with Gasteiger partial charge in [0.15, 0.2) is 5.43 Å². The summed E-state index contributed by atoms with van der Waals surface area (Å²) in [6.45, 7) is 1.68. The first kappa shape index (κ1) is 17.9. The summed E-state index contributed by atoms with van der Waals surface area (Å²) in [4.78, 5) is 12.8. The molecule has 4 aromatic rings. The Labute approximate surface area is 161 Å². The van der Waals surface area contributed by atoms with Crippen molar-refractivity contribution in [2.24, 2.45) is 0 Å². The zero-order valence-electron chi connectivity index (χ0n) is 15.2. The van der Waals surface area contributed by atoms with Gasteiger partial charge < -0.3 is 4.57 Å². The molecule has 0 N–H and O–H groups in total. The Morgan fingerprint density at radius 2 is 1.29 bits per heavy atom. The maximum Gasteiger partial charge on any atom is 0.185 e. The van der Waals surface area contributed by atoms with Crippen molar-refractivity contribution in [2.75, 3.05) is 0 Å². The van der Waals surface area contributed by atoms with Crippen molar-refractivity contribution in [3.63, 3.8) is 0 Å². The van der Waals surface area contributed by atoms with Gasteiger partial charge in [-0.3, -0.25) is 4.79 Å². The van der Waals surface area contributed by atoms with Crippen LogP contribution in [0.3, 0.4) is 0 Å². The standard InChI is InChI=1S/C24H17F2NO/c1-16-23(28)15-22(17-8-4-2-5-9-17)27(21-10-6-3-7-11-21)24(16)18-12-19(25)14-20(26)13-18/h2-15H,1H3. The van der Waals surface area contributed by atoms with Crippen LogP contribution in [0.5, 0.6) is 0 Å². The summed E-state index contributed by atoms with van der Waals surface area (Å²) in [6, 6.07) is 23.8. The number of benzene rings is 3. The number of pyridine rings is 1. The van der Waals surface area contributed by atoms with E-state index in [4.69, 9.17) is 0 Å². The van der Waals surface area contributed by atoms with Gasteiger partial charge in [0.2, 0.25) is 0 Å². The fourth-order valence-electron chi connectivity index (χ4n) is 3.40. The van der Waals surface area contributed by atoms with Crippen LogP contribution >= 0.6 is 0 Å². The van der Waals surface area contributed by atoms with Gasteiger partial charge in [-0.15, -0.1) is 0 Å². The molecule has 0 radical (unpaired) electrons. The monoisotopic (exact) mass is 373 g/mol. The lowest BCUT2D eigenvalue weighted by molar-refractivity contribution is 0.584. The van der Waals surface area contributed by atoms with Crippen LogP contribution in [-0.2, 0) is 0 Å². The second-order valence-corrected chi connectivity index (χ2v) is 6.56. The molecule has 0 atom stereocenters. The van der Waals surface area contributed by atoms with E-state index in [1.54, 1.807) is 13.0 Å². The zero-order valence-corrected chi connectivity index (χ0v) is 15.2. The summed E-state index contributed by atoms with van der Waals surface area (Å²) in [5.74, 6) is -1.38. The average molecular weight is 373 g/mol. The average Bonchev–Trinajstić information content (AvgIpc) is 2.70. The lowest BCUT2D eigenvalue weighted by atomic mass is 10.0. The van der Waals surface area contributed by atoms with Gasteiger partial charge in [0.1, 0.15) is 11.6 Å². The molecule has 0 saturated heterocycles. The Morgan fingerprint density at radius 3 is 1.89 bits per heavy atom. The van der Waals surface area contributed by atoms with Gasteiger partial charge in [-0.05, 0) is 36.8 Å². The maximum absolute atomic E-state index is 14.0. The number of aromatic nitrogens is 1. The van der Waals surface area contributed by atoms with Crippen LogP contribution in [0.4, 0.5) is 8.78 Å². The maximum atomic E-state index is 14.0. The highest BCUT2D eigenvalue weighted by Crippen LogP contribution is 2.32. The fourth-order valence-corrected chi connectivity index (χ4v) is 3.40. The predicted octanol–water partition coefficient (Wildman–Crippen LogP) is 5.76. The van der Waals surface area contributed by atoms with Gasteiger partial charge in [0, 0.05) is 28.9 Å². The molecular weight excluding hydrogens is 356 g/mol. The third kappa shape index (κ3) is 3.25. The Hall–Kier alpha value is -3.53. The summed E-state index contributed by atoms with van der Waals surface area (Å²) in [6.07, 6.45) is 0. The highest BCUT2D eigenvalue weighted by atomic mass is 19.1. The SMILES string of the molecule is Cc1c(-c2cc(F)cc(F)c2)n(-c2ccccc2)c(-c2ccccc2)cc1=O. The topological polar surface area (TPSA) is 22.0 Å². The smallest absolute Gasteiger partial charge is 0.185 e. The van der Waals surface area contributed by atoms with E-state index in [0.717, 1.165) is 17.3 Å². The normalized spacial score (nSPS) is 10.8. The van der Waals surface area contributed by atoms with Crippen molar-refractivity contribution in [2.45, 2.75) is 6.92 Å². The summed E-state index contributed by atoms with van der Waals surface area (Å²) in [7, 11) is 0. The van der Waals surface area contributed by atoms with E-state index in [9.17, 15) is 13.6 Å². The largest absolute Gasteiger partial charge is 0.309 e. The Bertz CT molecular complexity index is 1180. The van der Waals surface area contributed by atoms with Crippen LogP contribution < -0.4 is 5.43 Å². The third-order valence-corrected chi connectivity index (χ3v) is 4.68. The van der Waals surface area contributed by atoms with E-state index in [1.807, 2.05) is 65.2 Å². The second-order valence-electron chi connectivity index (χ2n) is 6.56. The van der Waals surface area contributed by atoms with Gasteiger partial charge in [0.05, 0.1) is 11.4 Å². The molecular formula is C24H17F2NO. The molecule has 1 heterocycles. The molecule has 0 aliphatic carbocycles. The van der Waals surface area contributed by atoms with E-state index in [1.165, 1.54) is 12.1 Å². The van der Waals surface area contributed by atoms with Crippen molar-refractivity contribution in [3.8, 4) is 28.2 Å². The van der Waals surface area contributed by atoms with Crippen LogP contribution in [0.1, 0.15) is 5.56 Å². The fraction of sp³-hybridized carbons (Fsp3) is 0.0417. The minimum Gasteiger partial charge on any atom is -0.309 e. The summed E-state index contributed by atoms with van der Waals surface area (Å²) in [5.41, 5.74) is 3.30. The van der Waals surface area contributed by atoms with Crippen LogP contribution in [0, 0.1) is 18.6 Å². The lowest BCUT2D eigenvalue weighted by Crippen LogP contribution is -2.15. The number of hydrogen-bond donors (Lipinski definition) is 0. The van der Waals surface area contributed by atoms with Crippen molar-refractivity contribution in [1.29, 1.82) is 0 Å². The van der Waals surface area contributed by atoms with E-state index < -0.39 is 11.6 Å². The van der Waals surface area contributed by atoms with Crippen LogP contribution in [0.2, 0.25) is 0 Å². The summed E-state index contributed by atoms with van der Waals surface area (Å²) in [5, 5.41) is 0. The molecule has 0 unspecified atom stereocenters. The molecule has 1 aromatic heterocycles. The minimum absolute atomic E-state index is 0.189. The van der Waals surface area contributed by atoms with E-state index in [-0.39, 0.29) is 5.43 Å². The molecule has 0 fully saturated rings. The van der Waals surface area contributed by atoms with Crippen LogP contribution in [-0.4, -0.2) is 4.57 Å². The summed E-state index contributed by atoms with van der Waals surface area (Å²) < 4.78 is 29.8. The number of para-hydroxylation sites is 1. The van der Waals surface area contributed by atoms with Gasteiger partial charge in [0.25, 0.3) is 0 Å². The molecule has 4 rings (SSSR count). The molecule has 2 nitrogen and oxygen atoms in total. The van der Waals surface area contributed by atoms with Crippen molar-refractivity contribution in [3.05, 3.63) is 112 Å². The molecule has 0 aliphatic heterocycles. The van der Waals surface area contributed by atoms with Crippen LogP contribution in [0.25, 0.3) is 28.2 Å². The van der Waals surface area contributed by atoms with Crippen molar-refractivity contribution < 1.29 is 8.78 Å². The third-order valence-electron chi connectivity index (χ3n) is 4.68. The molecule has 138 valence electrons. The molecule has 0 bridgehead atoms.